The molecule has 0 saturated heterocycles. The van der Waals surface area contributed by atoms with Crippen molar-refractivity contribution in [2.75, 3.05) is 0 Å². The lowest BCUT2D eigenvalue weighted by Crippen LogP contribution is -2.44. The molecule has 2 aromatic rings. The maximum absolute atomic E-state index is 12.8. The summed E-state index contributed by atoms with van der Waals surface area (Å²) in [7, 11) is 0. The summed E-state index contributed by atoms with van der Waals surface area (Å²) in [5, 5.41) is 2.78. The van der Waals surface area contributed by atoms with Crippen LogP contribution in [0.2, 0.25) is 0 Å². The zero-order valence-corrected chi connectivity index (χ0v) is 29.5. The first-order chi connectivity index (χ1) is 22.2. The molecule has 1 atom stereocenters. The van der Waals surface area contributed by atoms with Gasteiger partial charge in [0.15, 0.2) is 0 Å². The highest BCUT2D eigenvalue weighted by Crippen LogP contribution is 2.17. The van der Waals surface area contributed by atoms with E-state index >= 15 is 0 Å². The molecule has 0 saturated carbocycles. The van der Waals surface area contributed by atoms with Crippen LogP contribution in [0.3, 0.4) is 0 Å². The lowest BCUT2D eigenvalue weighted by Gasteiger charge is -2.24. The Hall–Kier alpha value is -3.68. The lowest BCUT2D eigenvalue weighted by atomic mass is 10.0. The maximum Gasteiger partial charge on any atom is 0.338 e. The number of carbonyl (C=O) groups is 4. The second kappa shape index (κ2) is 20.5. The van der Waals surface area contributed by atoms with Gasteiger partial charge >= 0.3 is 17.9 Å². The molecule has 2 aromatic carbocycles. The van der Waals surface area contributed by atoms with Gasteiger partial charge in [-0.1, -0.05) is 87.4 Å². The van der Waals surface area contributed by atoms with Crippen LogP contribution < -0.4 is 5.32 Å². The number of carbonyl (C=O) groups excluding carboxylic acids is 4. The number of nitrogens with one attached hydrogen (secondary N) is 1. The monoisotopic (exact) mass is 651 g/mol. The highest BCUT2D eigenvalue weighted by atomic mass is 16.6. The summed E-state index contributed by atoms with van der Waals surface area (Å²) in [5.74, 6) is -1.47. The number of benzene rings is 2. The van der Waals surface area contributed by atoms with E-state index < -0.39 is 29.2 Å². The van der Waals surface area contributed by atoms with E-state index in [0.717, 1.165) is 56.1 Å². The van der Waals surface area contributed by atoms with Crippen LogP contribution in [0, 0.1) is 0 Å². The van der Waals surface area contributed by atoms with Crippen LogP contribution in [0.1, 0.15) is 140 Å². The molecule has 1 amide bonds. The van der Waals surface area contributed by atoms with Gasteiger partial charge < -0.3 is 19.5 Å². The summed E-state index contributed by atoms with van der Waals surface area (Å²) >= 11 is 0. The largest absolute Gasteiger partial charge is 0.461 e. The first kappa shape index (κ1) is 39.5. The van der Waals surface area contributed by atoms with Gasteiger partial charge in [-0.3, -0.25) is 9.59 Å². The van der Waals surface area contributed by atoms with Gasteiger partial charge in [0.05, 0.1) is 5.56 Å². The van der Waals surface area contributed by atoms with Crippen molar-refractivity contribution in [1.82, 2.24) is 5.32 Å². The molecule has 0 spiro atoms. The van der Waals surface area contributed by atoms with E-state index in [1.165, 1.54) is 19.3 Å². The molecule has 2 rings (SSSR count). The number of amides is 1. The summed E-state index contributed by atoms with van der Waals surface area (Å²) in [6.07, 6.45) is 11.1. The zero-order valence-electron chi connectivity index (χ0n) is 29.5. The van der Waals surface area contributed by atoms with Crippen LogP contribution in [0.4, 0.5) is 0 Å². The summed E-state index contributed by atoms with van der Waals surface area (Å²) in [4.78, 5) is 50.1. The van der Waals surface area contributed by atoms with E-state index in [1.807, 2.05) is 63.2 Å². The molecule has 0 unspecified atom stereocenters. The summed E-state index contributed by atoms with van der Waals surface area (Å²) < 4.78 is 16.3. The molecule has 0 radical (unpaired) electrons. The fourth-order valence-electron chi connectivity index (χ4n) is 5.00. The maximum atomic E-state index is 12.8. The van der Waals surface area contributed by atoms with Gasteiger partial charge in [0.1, 0.15) is 23.9 Å². The molecule has 1 N–H and O–H groups in total. The normalized spacial score (nSPS) is 12.2. The SMILES string of the molecule is CC(C)(C)OC(=O)c1cccc(CCCCCCCCCCCC(=O)N[C@@H](CCC(=O)OCc2ccccc2)C(=O)OC(C)(C)C)c1. The van der Waals surface area contributed by atoms with Crippen LogP contribution in [0.25, 0.3) is 0 Å². The minimum atomic E-state index is -0.903. The number of esters is 3. The Bertz CT molecular complexity index is 1240. The van der Waals surface area contributed by atoms with Crippen molar-refractivity contribution < 1.29 is 33.4 Å². The molecule has 0 aliphatic rings. The first-order valence-corrected chi connectivity index (χ1v) is 17.3. The Morgan fingerprint density at radius 3 is 1.85 bits per heavy atom. The molecule has 47 heavy (non-hydrogen) atoms. The smallest absolute Gasteiger partial charge is 0.338 e. The second-order valence-electron chi connectivity index (χ2n) is 14.2. The van der Waals surface area contributed by atoms with Gasteiger partial charge in [-0.05, 0) is 90.5 Å². The fourth-order valence-corrected chi connectivity index (χ4v) is 5.00. The van der Waals surface area contributed by atoms with Crippen molar-refractivity contribution in [3.05, 3.63) is 71.3 Å². The molecule has 0 aliphatic carbocycles. The minimum absolute atomic E-state index is 0.00168. The van der Waals surface area contributed by atoms with Gasteiger partial charge in [0.25, 0.3) is 0 Å². The highest BCUT2D eigenvalue weighted by molar-refractivity contribution is 5.89. The fraction of sp³-hybridized carbons (Fsp3) is 0.590. The lowest BCUT2D eigenvalue weighted by molar-refractivity contribution is -0.159. The number of aryl methyl sites for hydroxylation is 1. The second-order valence-corrected chi connectivity index (χ2v) is 14.2. The van der Waals surface area contributed by atoms with E-state index in [4.69, 9.17) is 14.2 Å². The van der Waals surface area contributed by atoms with E-state index in [2.05, 4.69) is 11.4 Å². The van der Waals surface area contributed by atoms with Crippen LogP contribution in [0.5, 0.6) is 0 Å². The molecular formula is C39H57NO7. The van der Waals surface area contributed by atoms with Gasteiger partial charge in [0, 0.05) is 12.8 Å². The number of hydrogen-bond acceptors (Lipinski definition) is 7. The van der Waals surface area contributed by atoms with Crippen LogP contribution >= 0.6 is 0 Å². The Morgan fingerprint density at radius 2 is 1.23 bits per heavy atom. The summed E-state index contributed by atoms with van der Waals surface area (Å²) in [6, 6.07) is 16.2. The number of rotatable bonds is 20. The van der Waals surface area contributed by atoms with Crippen LogP contribution in [0.15, 0.2) is 54.6 Å². The third-order valence-corrected chi connectivity index (χ3v) is 7.34. The Morgan fingerprint density at radius 1 is 0.660 bits per heavy atom. The van der Waals surface area contributed by atoms with Crippen molar-refractivity contribution in [3.63, 3.8) is 0 Å². The predicted octanol–water partition coefficient (Wildman–Crippen LogP) is 8.44. The molecule has 8 heteroatoms. The van der Waals surface area contributed by atoms with E-state index in [0.29, 0.717) is 12.0 Å². The van der Waals surface area contributed by atoms with E-state index in [1.54, 1.807) is 26.8 Å². The van der Waals surface area contributed by atoms with Gasteiger partial charge in [-0.2, -0.15) is 0 Å². The molecule has 0 aliphatic heterocycles. The van der Waals surface area contributed by atoms with E-state index in [9.17, 15) is 19.2 Å². The molecule has 0 fully saturated rings. The highest BCUT2D eigenvalue weighted by Gasteiger charge is 2.27. The number of unbranched alkanes of at least 4 members (excludes halogenated alkanes) is 8. The number of ether oxygens (including phenoxy) is 3. The molecule has 0 heterocycles. The summed E-state index contributed by atoms with van der Waals surface area (Å²) in [6.45, 7) is 11.1. The van der Waals surface area contributed by atoms with Crippen molar-refractivity contribution in [2.45, 2.75) is 149 Å². The van der Waals surface area contributed by atoms with E-state index in [-0.39, 0.29) is 31.3 Å². The molecule has 0 aromatic heterocycles. The average Bonchev–Trinajstić information content (AvgIpc) is 2.99. The van der Waals surface area contributed by atoms with Gasteiger partial charge in [-0.25, -0.2) is 9.59 Å². The van der Waals surface area contributed by atoms with Crippen molar-refractivity contribution >= 4 is 23.8 Å². The Balaban J connectivity index is 1.59. The minimum Gasteiger partial charge on any atom is -0.461 e. The Labute approximate surface area is 282 Å². The standard InChI is InChI=1S/C39H57NO7/c1-38(2,3)46-36(43)32-24-19-23-30(28-32)20-15-12-10-8-7-9-11-13-18-25-34(41)40-33(37(44)47-39(4,5)6)26-27-35(42)45-29-31-21-16-14-17-22-31/h14,16-17,19,21-24,28,33H,7-13,15,18,20,25-27,29H2,1-6H3,(H,40,41)/t33-/m0/s1. The van der Waals surface area contributed by atoms with Crippen molar-refractivity contribution in [1.29, 1.82) is 0 Å². The number of hydrogen-bond donors (Lipinski definition) is 1. The molecular weight excluding hydrogens is 594 g/mol. The molecule has 0 bridgehead atoms. The van der Waals surface area contributed by atoms with Crippen LogP contribution in [-0.4, -0.2) is 41.1 Å². The Kier molecular flexibility index (Phi) is 17.3. The van der Waals surface area contributed by atoms with Crippen molar-refractivity contribution in [2.24, 2.45) is 0 Å². The topological polar surface area (TPSA) is 108 Å². The third-order valence-electron chi connectivity index (χ3n) is 7.34. The first-order valence-electron chi connectivity index (χ1n) is 17.3. The predicted molar refractivity (Wildman–Crippen MR) is 185 cm³/mol. The average molecular weight is 652 g/mol. The quantitative estimate of drug-likeness (QED) is 0.0870. The van der Waals surface area contributed by atoms with Gasteiger partial charge in [0.2, 0.25) is 5.91 Å². The van der Waals surface area contributed by atoms with Crippen LogP contribution in [-0.2, 0) is 41.6 Å². The van der Waals surface area contributed by atoms with Crippen molar-refractivity contribution in [3.8, 4) is 0 Å². The zero-order chi connectivity index (χ0) is 34.7. The third kappa shape index (κ3) is 18.9. The van der Waals surface area contributed by atoms with Gasteiger partial charge in [-0.15, -0.1) is 0 Å². The molecule has 260 valence electrons. The summed E-state index contributed by atoms with van der Waals surface area (Å²) in [5.41, 5.74) is 1.44. The molecule has 8 nitrogen and oxygen atoms in total.